The molecule has 1 aliphatic rings. The lowest BCUT2D eigenvalue weighted by Gasteiger charge is -2.11. The molecule has 2 aromatic carbocycles. The standard InChI is InChI=1S/C18H13Br2N3O/c19-12-2-3-13-14(7-12)15(20)9-22-18(13)21-8-10-1-4-16-11(5-10)6-17(24)23-16/h1-5,7,9H,6,8H2,(H,21,22)(H,23,24). The van der Waals surface area contributed by atoms with Gasteiger partial charge in [-0.25, -0.2) is 4.98 Å². The molecule has 6 heteroatoms. The molecular formula is C18H13Br2N3O. The Labute approximate surface area is 155 Å². The summed E-state index contributed by atoms with van der Waals surface area (Å²) in [6, 6.07) is 12.2. The molecule has 0 bridgehead atoms. The molecule has 24 heavy (non-hydrogen) atoms. The minimum Gasteiger partial charge on any atom is -0.365 e. The Bertz CT molecular complexity index is 972. The van der Waals surface area contributed by atoms with Gasteiger partial charge in [0.25, 0.3) is 0 Å². The average molecular weight is 447 g/mol. The first-order valence-electron chi connectivity index (χ1n) is 7.49. The normalized spacial score (nSPS) is 13.0. The third kappa shape index (κ3) is 2.91. The van der Waals surface area contributed by atoms with Crippen LogP contribution in [0.1, 0.15) is 11.1 Å². The molecule has 3 aromatic rings. The van der Waals surface area contributed by atoms with Gasteiger partial charge in [-0.15, -0.1) is 0 Å². The molecule has 2 N–H and O–H groups in total. The fourth-order valence-electron chi connectivity index (χ4n) is 2.90. The molecule has 0 unspecified atom stereocenters. The maximum atomic E-state index is 11.5. The number of hydrogen-bond donors (Lipinski definition) is 2. The van der Waals surface area contributed by atoms with Crippen molar-refractivity contribution in [2.24, 2.45) is 0 Å². The van der Waals surface area contributed by atoms with Crippen molar-refractivity contribution in [2.45, 2.75) is 13.0 Å². The van der Waals surface area contributed by atoms with Crippen molar-refractivity contribution in [3.63, 3.8) is 0 Å². The Morgan fingerprint density at radius 1 is 1.12 bits per heavy atom. The Hall–Kier alpha value is -1.92. The minimum absolute atomic E-state index is 0.0567. The third-order valence-electron chi connectivity index (χ3n) is 4.06. The number of hydrogen-bond acceptors (Lipinski definition) is 3. The number of nitrogens with zero attached hydrogens (tertiary/aromatic N) is 1. The monoisotopic (exact) mass is 445 g/mol. The summed E-state index contributed by atoms with van der Waals surface area (Å²) < 4.78 is 2.00. The van der Waals surface area contributed by atoms with E-state index in [1.165, 1.54) is 0 Å². The van der Waals surface area contributed by atoms with Gasteiger partial charge in [0.05, 0.1) is 6.42 Å². The zero-order valence-corrected chi connectivity index (χ0v) is 15.7. The Balaban J connectivity index is 1.61. The molecule has 1 aliphatic heterocycles. The van der Waals surface area contributed by atoms with Gasteiger partial charge in [-0.1, -0.05) is 28.1 Å². The van der Waals surface area contributed by atoms with Crippen molar-refractivity contribution in [2.75, 3.05) is 10.6 Å². The van der Waals surface area contributed by atoms with E-state index >= 15 is 0 Å². The van der Waals surface area contributed by atoms with E-state index in [9.17, 15) is 4.79 Å². The van der Waals surface area contributed by atoms with Crippen LogP contribution in [-0.2, 0) is 17.8 Å². The quantitative estimate of drug-likeness (QED) is 0.603. The van der Waals surface area contributed by atoms with Crippen molar-refractivity contribution >= 4 is 60.0 Å². The van der Waals surface area contributed by atoms with Gasteiger partial charge in [-0.3, -0.25) is 4.79 Å². The van der Waals surface area contributed by atoms with Crippen LogP contribution in [0.25, 0.3) is 10.8 Å². The van der Waals surface area contributed by atoms with Crippen LogP contribution in [0, 0.1) is 0 Å². The zero-order chi connectivity index (χ0) is 16.7. The highest BCUT2D eigenvalue weighted by Gasteiger charge is 2.17. The van der Waals surface area contributed by atoms with Gasteiger partial charge >= 0.3 is 0 Å². The predicted molar refractivity (Wildman–Crippen MR) is 103 cm³/mol. The van der Waals surface area contributed by atoms with Crippen molar-refractivity contribution in [1.29, 1.82) is 0 Å². The van der Waals surface area contributed by atoms with Crippen molar-refractivity contribution < 1.29 is 4.79 Å². The smallest absolute Gasteiger partial charge is 0.228 e. The number of nitrogens with one attached hydrogen (secondary N) is 2. The first-order chi connectivity index (χ1) is 11.6. The molecule has 1 aromatic heterocycles. The molecule has 0 aliphatic carbocycles. The molecular weight excluding hydrogens is 434 g/mol. The maximum Gasteiger partial charge on any atom is 0.228 e. The molecule has 2 heterocycles. The molecule has 120 valence electrons. The van der Waals surface area contributed by atoms with Crippen LogP contribution in [0.5, 0.6) is 0 Å². The number of aromatic nitrogens is 1. The van der Waals surface area contributed by atoms with Crippen LogP contribution >= 0.6 is 31.9 Å². The van der Waals surface area contributed by atoms with Gasteiger partial charge in [-0.05, 0) is 51.3 Å². The Morgan fingerprint density at radius 3 is 2.88 bits per heavy atom. The van der Waals surface area contributed by atoms with Crippen LogP contribution in [0.3, 0.4) is 0 Å². The van der Waals surface area contributed by atoms with E-state index in [1.807, 2.05) is 30.5 Å². The summed E-state index contributed by atoms with van der Waals surface area (Å²) in [7, 11) is 0. The average Bonchev–Trinajstić information content (AvgIpc) is 2.94. The number of carbonyl (C=O) groups is 1. The number of pyridine rings is 1. The maximum absolute atomic E-state index is 11.5. The lowest BCUT2D eigenvalue weighted by atomic mass is 10.1. The van der Waals surface area contributed by atoms with Crippen molar-refractivity contribution in [3.8, 4) is 0 Å². The number of anilines is 2. The summed E-state index contributed by atoms with van der Waals surface area (Å²) in [5.41, 5.74) is 3.10. The zero-order valence-electron chi connectivity index (χ0n) is 12.6. The fraction of sp³-hybridized carbons (Fsp3) is 0.111. The second-order valence-electron chi connectivity index (χ2n) is 5.71. The summed E-state index contributed by atoms with van der Waals surface area (Å²) in [6.45, 7) is 0.654. The molecule has 1 amide bonds. The van der Waals surface area contributed by atoms with E-state index in [0.717, 1.165) is 42.4 Å². The predicted octanol–water partition coefficient (Wildman–Crippen LogP) is 4.87. The fourth-order valence-corrected chi connectivity index (χ4v) is 3.69. The molecule has 4 nitrogen and oxygen atoms in total. The lowest BCUT2D eigenvalue weighted by Crippen LogP contribution is -2.03. The first-order valence-corrected chi connectivity index (χ1v) is 9.08. The highest BCUT2D eigenvalue weighted by molar-refractivity contribution is 9.11. The van der Waals surface area contributed by atoms with E-state index < -0.39 is 0 Å². The van der Waals surface area contributed by atoms with E-state index in [4.69, 9.17) is 0 Å². The van der Waals surface area contributed by atoms with Gasteiger partial charge in [0, 0.05) is 38.1 Å². The highest BCUT2D eigenvalue weighted by atomic mass is 79.9. The summed E-state index contributed by atoms with van der Waals surface area (Å²) in [5, 5.41) is 8.42. The number of halogens is 2. The second kappa shape index (κ2) is 6.18. The summed E-state index contributed by atoms with van der Waals surface area (Å²) in [6.07, 6.45) is 2.26. The van der Waals surface area contributed by atoms with Crippen LogP contribution in [0.15, 0.2) is 51.5 Å². The Kier molecular flexibility index (Phi) is 4.02. The largest absolute Gasteiger partial charge is 0.365 e. The second-order valence-corrected chi connectivity index (χ2v) is 7.48. The molecule has 0 fully saturated rings. The van der Waals surface area contributed by atoms with Crippen molar-refractivity contribution in [1.82, 2.24) is 4.98 Å². The lowest BCUT2D eigenvalue weighted by molar-refractivity contribution is -0.115. The molecule has 0 saturated heterocycles. The van der Waals surface area contributed by atoms with E-state index in [1.54, 1.807) is 0 Å². The number of rotatable bonds is 3. The molecule has 0 radical (unpaired) electrons. The van der Waals surface area contributed by atoms with Gasteiger partial charge in [0.2, 0.25) is 5.91 Å². The van der Waals surface area contributed by atoms with Crippen LogP contribution in [0.4, 0.5) is 11.5 Å². The number of carbonyl (C=O) groups excluding carboxylic acids is 1. The van der Waals surface area contributed by atoms with Gasteiger partial charge in [-0.2, -0.15) is 0 Å². The topological polar surface area (TPSA) is 54.0 Å². The third-order valence-corrected chi connectivity index (χ3v) is 5.18. The van der Waals surface area contributed by atoms with E-state index in [-0.39, 0.29) is 5.91 Å². The van der Waals surface area contributed by atoms with Gasteiger partial charge in [0.1, 0.15) is 5.82 Å². The van der Waals surface area contributed by atoms with Crippen LogP contribution in [0.2, 0.25) is 0 Å². The number of amides is 1. The molecule has 0 atom stereocenters. The molecule has 0 spiro atoms. The SMILES string of the molecule is O=C1Cc2cc(CNc3ncc(Br)c4cc(Br)ccc34)ccc2N1. The highest BCUT2D eigenvalue weighted by Crippen LogP contribution is 2.31. The van der Waals surface area contributed by atoms with Crippen LogP contribution < -0.4 is 10.6 Å². The van der Waals surface area contributed by atoms with Gasteiger partial charge < -0.3 is 10.6 Å². The molecule has 4 rings (SSSR count). The Morgan fingerprint density at radius 2 is 2.00 bits per heavy atom. The summed E-state index contributed by atoms with van der Waals surface area (Å²) in [4.78, 5) is 15.9. The van der Waals surface area contributed by atoms with Crippen LogP contribution in [-0.4, -0.2) is 10.9 Å². The first kappa shape index (κ1) is 15.6. The van der Waals surface area contributed by atoms with E-state index in [2.05, 4.69) is 59.6 Å². The summed E-state index contributed by atoms with van der Waals surface area (Å²) >= 11 is 7.06. The number of fused-ring (bicyclic) bond motifs is 2. The van der Waals surface area contributed by atoms with Gasteiger partial charge in [0.15, 0.2) is 0 Å². The van der Waals surface area contributed by atoms with Crippen molar-refractivity contribution in [3.05, 3.63) is 62.7 Å². The van der Waals surface area contributed by atoms with E-state index in [0.29, 0.717) is 13.0 Å². The number of benzene rings is 2. The minimum atomic E-state index is 0.0567. The summed E-state index contributed by atoms with van der Waals surface area (Å²) in [5.74, 6) is 0.900. The molecule has 0 saturated carbocycles.